The van der Waals surface area contributed by atoms with Crippen molar-refractivity contribution < 1.29 is 14.3 Å². The normalized spacial score (nSPS) is 22.0. The van der Waals surface area contributed by atoms with Crippen molar-refractivity contribution in [1.29, 1.82) is 0 Å². The van der Waals surface area contributed by atoms with Crippen LogP contribution in [0.15, 0.2) is 0 Å². The molecular weight excluding hydrogens is 196 g/mol. The van der Waals surface area contributed by atoms with Crippen LogP contribution in [-0.4, -0.2) is 35.1 Å². The summed E-state index contributed by atoms with van der Waals surface area (Å²) in [5, 5.41) is 0. The summed E-state index contributed by atoms with van der Waals surface area (Å²) in [6.45, 7) is 5.60. The van der Waals surface area contributed by atoms with E-state index < -0.39 is 11.7 Å². The molecule has 1 fully saturated rings. The zero-order chi connectivity index (χ0) is 11.6. The highest BCUT2D eigenvalue weighted by Gasteiger charge is 2.37. The topological polar surface area (TPSA) is 72.6 Å². The van der Waals surface area contributed by atoms with Crippen molar-refractivity contribution in [2.24, 2.45) is 5.73 Å². The highest BCUT2D eigenvalue weighted by atomic mass is 16.6. The maximum atomic E-state index is 11.7. The van der Waals surface area contributed by atoms with Crippen molar-refractivity contribution in [3.63, 3.8) is 0 Å². The Morgan fingerprint density at radius 3 is 2.67 bits per heavy atom. The Balaban J connectivity index is 2.69. The molecule has 1 aliphatic rings. The smallest absolute Gasteiger partial charge is 0.417 e. The minimum absolute atomic E-state index is 0.195. The third-order valence-electron chi connectivity index (χ3n) is 2.19. The molecule has 5 heteroatoms. The fourth-order valence-corrected chi connectivity index (χ4v) is 1.53. The zero-order valence-corrected chi connectivity index (χ0v) is 9.45. The summed E-state index contributed by atoms with van der Waals surface area (Å²) in [7, 11) is 0. The van der Waals surface area contributed by atoms with E-state index in [1.54, 1.807) is 20.8 Å². The van der Waals surface area contributed by atoms with Crippen LogP contribution in [-0.2, 0) is 9.53 Å². The van der Waals surface area contributed by atoms with Crippen molar-refractivity contribution in [2.75, 3.05) is 6.54 Å². The molecule has 15 heavy (non-hydrogen) atoms. The lowest BCUT2D eigenvalue weighted by molar-refractivity contribution is -0.128. The Labute approximate surface area is 89.6 Å². The minimum Gasteiger partial charge on any atom is -0.443 e. The first-order valence-corrected chi connectivity index (χ1v) is 5.10. The van der Waals surface area contributed by atoms with Gasteiger partial charge in [-0.3, -0.25) is 4.79 Å². The van der Waals surface area contributed by atoms with E-state index in [2.05, 4.69) is 0 Å². The van der Waals surface area contributed by atoms with Gasteiger partial charge in [-0.2, -0.15) is 0 Å². The molecule has 0 bridgehead atoms. The maximum absolute atomic E-state index is 11.7. The number of nitrogens with two attached hydrogens (primary N) is 1. The monoisotopic (exact) mass is 214 g/mol. The van der Waals surface area contributed by atoms with Gasteiger partial charge in [-0.1, -0.05) is 0 Å². The Morgan fingerprint density at radius 1 is 1.60 bits per heavy atom. The fourth-order valence-electron chi connectivity index (χ4n) is 1.53. The number of imide groups is 1. The number of likely N-dealkylation sites (tertiary alicyclic amines) is 1. The van der Waals surface area contributed by atoms with Gasteiger partial charge in [-0.05, 0) is 27.2 Å². The second kappa shape index (κ2) is 4.18. The third-order valence-corrected chi connectivity index (χ3v) is 2.19. The molecule has 0 spiro atoms. The molecular formula is C10H18N2O3. The van der Waals surface area contributed by atoms with Crippen LogP contribution in [0.25, 0.3) is 0 Å². The quantitative estimate of drug-likeness (QED) is 0.703. The first-order chi connectivity index (χ1) is 6.85. The number of ether oxygens (including phenoxy) is 1. The van der Waals surface area contributed by atoms with Crippen molar-refractivity contribution in [2.45, 2.75) is 45.3 Å². The zero-order valence-electron chi connectivity index (χ0n) is 9.45. The van der Waals surface area contributed by atoms with Gasteiger partial charge in [0, 0.05) is 13.0 Å². The van der Waals surface area contributed by atoms with E-state index in [0.29, 0.717) is 19.4 Å². The van der Waals surface area contributed by atoms with Gasteiger partial charge in [0.1, 0.15) is 5.60 Å². The van der Waals surface area contributed by atoms with Gasteiger partial charge in [-0.25, -0.2) is 9.69 Å². The lowest BCUT2D eigenvalue weighted by Crippen LogP contribution is -2.45. The molecule has 5 nitrogen and oxygen atoms in total. The summed E-state index contributed by atoms with van der Waals surface area (Å²) >= 11 is 0. The first-order valence-electron chi connectivity index (χ1n) is 5.10. The van der Waals surface area contributed by atoms with Crippen LogP contribution in [0.2, 0.25) is 0 Å². The Hall–Kier alpha value is -1.10. The molecule has 0 radical (unpaired) electrons. The lowest BCUT2D eigenvalue weighted by Gasteiger charge is -2.26. The second-order valence-corrected chi connectivity index (χ2v) is 4.67. The Morgan fingerprint density at radius 2 is 2.20 bits per heavy atom. The summed E-state index contributed by atoms with van der Waals surface area (Å²) in [5.41, 5.74) is 4.90. The SMILES string of the molecule is CC(C)(C)OC(=O)N1C(=O)CC[C@H]1CN. The van der Waals surface area contributed by atoms with Gasteiger partial charge < -0.3 is 10.5 Å². The molecule has 1 rings (SSSR count). The van der Waals surface area contributed by atoms with E-state index in [-0.39, 0.29) is 11.9 Å². The summed E-state index contributed by atoms with van der Waals surface area (Å²) in [4.78, 5) is 24.3. The Kier molecular flexibility index (Phi) is 3.34. The first kappa shape index (κ1) is 12.0. The summed E-state index contributed by atoms with van der Waals surface area (Å²) in [6, 6.07) is -0.202. The second-order valence-electron chi connectivity index (χ2n) is 4.67. The number of carbonyl (C=O) groups is 2. The largest absolute Gasteiger partial charge is 0.443 e. The number of amides is 2. The molecule has 1 saturated heterocycles. The van der Waals surface area contributed by atoms with Crippen LogP contribution in [0.4, 0.5) is 4.79 Å². The van der Waals surface area contributed by atoms with E-state index in [1.807, 2.05) is 0 Å². The molecule has 1 aliphatic heterocycles. The molecule has 0 aliphatic carbocycles. The van der Waals surface area contributed by atoms with E-state index >= 15 is 0 Å². The van der Waals surface area contributed by atoms with Crippen LogP contribution in [0.1, 0.15) is 33.6 Å². The van der Waals surface area contributed by atoms with Gasteiger partial charge in [0.15, 0.2) is 0 Å². The van der Waals surface area contributed by atoms with Crippen molar-refractivity contribution in [3.8, 4) is 0 Å². The highest BCUT2D eigenvalue weighted by molar-refractivity contribution is 5.94. The summed E-state index contributed by atoms with van der Waals surface area (Å²) in [5.74, 6) is -0.195. The van der Waals surface area contributed by atoms with Gasteiger partial charge >= 0.3 is 6.09 Å². The van der Waals surface area contributed by atoms with Crippen LogP contribution < -0.4 is 5.73 Å². The van der Waals surface area contributed by atoms with E-state index in [9.17, 15) is 9.59 Å². The molecule has 1 heterocycles. The minimum atomic E-state index is -0.584. The maximum Gasteiger partial charge on any atom is 0.417 e. The number of rotatable bonds is 1. The van der Waals surface area contributed by atoms with Crippen molar-refractivity contribution >= 4 is 12.0 Å². The standard InChI is InChI=1S/C10H18N2O3/c1-10(2,3)15-9(14)12-7(6-11)4-5-8(12)13/h7H,4-6,11H2,1-3H3/t7-/m0/s1. The van der Waals surface area contributed by atoms with E-state index in [0.717, 1.165) is 4.90 Å². The lowest BCUT2D eigenvalue weighted by atomic mass is 10.2. The summed E-state index contributed by atoms with van der Waals surface area (Å²) in [6.07, 6.45) is 0.427. The van der Waals surface area contributed by atoms with Crippen LogP contribution >= 0.6 is 0 Å². The van der Waals surface area contributed by atoms with Crippen LogP contribution in [0.5, 0.6) is 0 Å². The predicted molar refractivity (Wildman–Crippen MR) is 55.2 cm³/mol. The third kappa shape index (κ3) is 2.92. The average molecular weight is 214 g/mol. The van der Waals surface area contributed by atoms with E-state index in [1.165, 1.54) is 0 Å². The fraction of sp³-hybridized carbons (Fsp3) is 0.800. The van der Waals surface area contributed by atoms with Gasteiger partial charge in [0.25, 0.3) is 0 Å². The molecule has 0 saturated carbocycles. The van der Waals surface area contributed by atoms with Gasteiger partial charge in [-0.15, -0.1) is 0 Å². The molecule has 2 amide bonds. The number of hydrogen-bond donors (Lipinski definition) is 1. The number of carbonyl (C=O) groups excluding carboxylic acids is 2. The average Bonchev–Trinajstić information content (AvgIpc) is 2.43. The Bertz CT molecular complexity index is 270. The number of nitrogens with zero attached hydrogens (tertiary/aromatic N) is 1. The molecule has 86 valence electrons. The summed E-state index contributed by atoms with van der Waals surface area (Å²) < 4.78 is 5.13. The predicted octanol–water partition coefficient (Wildman–Crippen LogP) is 0.871. The molecule has 0 aromatic rings. The van der Waals surface area contributed by atoms with Crippen molar-refractivity contribution in [1.82, 2.24) is 4.90 Å². The molecule has 0 aromatic heterocycles. The molecule has 2 N–H and O–H groups in total. The van der Waals surface area contributed by atoms with Gasteiger partial charge in [0.05, 0.1) is 6.04 Å². The van der Waals surface area contributed by atoms with Crippen LogP contribution in [0.3, 0.4) is 0 Å². The molecule has 0 unspecified atom stereocenters. The number of hydrogen-bond acceptors (Lipinski definition) is 4. The van der Waals surface area contributed by atoms with Crippen molar-refractivity contribution in [3.05, 3.63) is 0 Å². The van der Waals surface area contributed by atoms with Gasteiger partial charge in [0.2, 0.25) is 5.91 Å². The van der Waals surface area contributed by atoms with Crippen LogP contribution in [0, 0.1) is 0 Å². The molecule has 1 atom stereocenters. The van der Waals surface area contributed by atoms with E-state index in [4.69, 9.17) is 10.5 Å². The highest BCUT2D eigenvalue weighted by Crippen LogP contribution is 2.21. The molecule has 0 aromatic carbocycles.